The highest BCUT2D eigenvalue weighted by Crippen LogP contribution is 2.24. The number of hydrogen-bond donors (Lipinski definition) is 2. The van der Waals surface area contributed by atoms with Crippen LogP contribution in [0.15, 0.2) is 79.0 Å². The lowest BCUT2D eigenvalue weighted by Crippen LogP contribution is -2.25. The number of carbonyl (C=O) groups excluding carboxylic acids is 1. The fourth-order valence-electron chi connectivity index (χ4n) is 3.38. The van der Waals surface area contributed by atoms with E-state index in [0.29, 0.717) is 24.5 Å². The highest BCUT2D eigenvalue weighted by atomic mass is 16.5. The molecule has 30 heavy (non-hydrogen) atoms. The lowest BCUT2D eigenvalue weighted by molar-refractivity contribution is 0.0954. The van der Waals surface area contributed by atoms with Gasteiger partial charge in [-0.1, -0.05) is 36.4 Å². The Morgan fingerprint density at radius 1 is 0.967 bits per heavy atom. The summed E-state index contributed by atoms with van der Waals surface area (Å²) < 4.78 is 11.1. The van der Waals surface area contributed by atoms with Crippen molar-refractivity contribution in [3.8, 4) is 11.5 Å². The Kier molecular flexibility index (Phi) is 5.99. The van der Waals surface area contributed by atoms with Crippen LogP contribution in [0.2, 0.25) is 0 Å². The second kappa shape index (κ2) is 9.18. The van der Waals surface area contributed by atoms with E-state index in [4.69, 9.17) is 9.47 Å². The van der Waals surface area contributed by atoms with Gasteiger partial charge in [0, 0.05) is 35.3 Å². The maximum Gasteiger partial charge on any atom is 0.251 e. The molecular weight excluding hydrogens is 376 g/mol. The molecule has 4 rings (SSSR count). The number of carbonyl (C=O) groups is 1. The molecule has 0 unspecified atom stereocenters. The van der Waals surface area contributed by atoms with Gasteiger partial charge in [-0.05, 0) is 47.9 Å². The molecule has 5 heteroatoms. The third kappa shape index (κ3) is 4.63. The fraction of sp³-hybridized carbons (Fsp3) is 0.160. The van der Waals surface area contributed by atoms with E-state index in [1.165, 1.54) is 0 Å². The van der Waals surface area contributed by atoms with Gasteiger partial charge >= 0.3 is 0 Å². The highest BCUT2D eigenvalue weighted by Gasteiger charge is 2.09. The van der Waals surface area contributed by atoms with E-state index in [1.54, 1.807) is 19.2 Å². The van der Waals surface area contributed by atoms with Gasteiger partial charge in [-0.3, -0.25) is 4.79 Å². The number of methoxy groups -OCH3 is 1. The molecule has 152 valence electrons. The molecule has 0 atom stereocenters. The maximum atomic E-state index is 12.3. The Bertz CT molecular complexity index is 1140. The van der Waals surface area contributed by atoms with E-state index in [2.05, 4.69) is 16.4 Å². The molecular formula is C25H24N2O3. The number of aromatic nitrogens is 1. The molecule has 0 fully saturated rings. The average Bonchev–Trinajstić information content (AvgIpc) is 3.20. The van der Waals surface area contributed by atoms with Crippen molar-refractivity contribution < 1.29 is 14.3 Å². The summed E-state index contributed by atoms with van der Waals surface area (Å²) in [7, 11) is 1.59. The minimum Gasteiger partial charge on any atom is -0.497 e. The molecule has 0 aliphatic rings. The zero-order valence-electron chi connectivity index (χ0n) is 16.9. The Morgan fingerprint density at radius 3 is 2.67 bits per heavy atom. The summed E-state index contributed by atoms with van der Waals surface area (Å²) in [5, 5.41) is 4.11. The van der Waals surface area contributed by atoms with Gasteiger partial charge in [0.1, 0.15) is 18.1 Å². The van der Waals surface area contributed by atoms with Crippen LogP contribution >= 0.6 is 0 Å². The first-order valence-corrected chi connectivity index (χ1v) is 9.92. The number of benzene rings is 3. The van der Waals surface area contributed by atoms with Crippen LogP contribution in [0.4, 0.5) is 0 Å². The second-order valence-corrected chi connectivity index (χ2v) is 7.03. The van der Waals surface area contributed by atoms with Crippen molar-refractivity contribution in [1.82, 2.24) is 10.3 Å². The highest BCUT2D eigenvalue weighted by molar-refractivity contribution is 5.94. The van der Waals surface area contributed by atoms with Gasteiger partial charge in [0.25, 0.3) is 5.91 Å². The van der Waals surface area contributed by atoms with Crippen molar-refractivity contribution in [1.29, 1.82) is 0 Å². The number of rotatable bonds is 8. The van der Waals surface area contributed by atoms with E-state index in [9.17, 15) is 4.79 Å². The molecule has 0 bridgehead atoms. The quantitative estimate of drug-likeness (QED) is 0.450. The first kappa shape index (κ1) is 19.6. The summed E-state index contributed by atoms with van der Waals surface area (Å²) in [6, 6.07) is 23.3. The maximum absolute atomic E-state index is 12.3. The molecule has 0 spiro atoms. The summed E-state index contributed by atoms with van der Waals surface area (Å²) in [5.41, 5.74) is 3.91. The topological polar surface area (TPSA) is 63.3 Å². The van der Waals surface area contributed by atoms with Gasteiger partial charge in [-0.15, -0.1) is 0 Å². The number of fused-ring (bicyclic) bond motifs is 1. The van der Waals surface area contributed by atoms with Crippen molar-refractivity contribution >= 4 is 16.8 Å². The van der Waals surface area contributed by atoms with Gasteiger partial charge in [0.15, 0.2) is 0 Å². The lowest BCUT2D eigenvalue weighted by atomic mass is 10.1. The van der Waals surface area contributed by atoms with Gasteiger partial charge in [-0.2, -0.15) is 0 Å². The molecule has 4 aromatic rings. The molecule has 0 aliphatic heterocycles. The van der Waals surface area contributed by atoms with Crippen molar-refractivity contribution in [2.24, 2.45) is 0 Å². The number of amides is 1. The molecule has 5 nitrogen and oxygen atoms in total. The number of hydrogen-bond acceptors (Lipinski definition) is 3. The molecule has 0 saturated carbocycles. The number of nitrogens with one attached hydrogen (secondary N) is 2. The summed E-state index contributed by atoms with van der Waals surface area (Å²) in [4.78, 5) is 15.6. The molecule has 1 heterocycles. The first-order chi connectivity index (χ1) is 14.7. The number of aromatic amines is 1. The van der Waals surface area contributed by atoms with Crippen molar-refractivity contribution in [2.75, 3.05) is 13.7 Å². The predicted octanol–water partition coefficient (Wildman–Crippen LogP) is 4.73. The van der Waals surface area contributed by atoms with Crippen LogP contribution in [-0.2, 0) is 13.0 Å². The van der Waals surface area contributed by atoms with Crippen LogP contribution in [0.5, 0.6) is 11.5 Å². The normalized spacial score (nSPS) is 10.7. The molecule has 0 aliphatic carbocycles. The molecule has 1 amide bonds. The van der Waals surface area contributed by atoms with Gasteiger partial charge in [-0.25, -0.2) is 0 Å². The Morgan fingerprint density at radius 2 is 1.83 bits per heavy atom. The first-order valence-electron chi connectivity index (χ1n) is 9.92. The monoisotopic (exact) mass is 400 g/mol. The van der Waals surface area contributed by atoms with E-state index >= 15 is 0 Å². The molecule has 3 aromatic carbocycles. The van der Waals surface area contributed by atoms with Crippen LogP contribution in [0, 0.1) is 0 Å². The summed E-state index contributed by atoms with van der Waals surface area (Å²) in [6.45, 7) is 1.09. The minimum atomic E-state index is -0.106. The van der Waals surface area contributed by atoms with Gasteiger partial charge in [0.2, 0.25) is 0 Å². The van der Waals surface area contributed by atoms with Crippen LogP contribution in [0.1, 0.15) is 21.5 Å². The molecule has 0 radical (unpaired) electrons. The van der Waals surface area contributed by atoms with Crippen molar-refractivity contribution in [3.63, 3.8) is 0 Å². The average molecular weight is 400 g/mol. The van der Waals surface area contributed by atoms with E-state index in [1.807, 2.05) is 60.8 Å². The van der Waals surface area contributed by atoms with Gasteiger partial charge in [0.05, 0.1) is 7.11 Å². The van der Waals surface area contributed by atoms with Crippen molar-refractivity contribution in [3.05, 3.63) is 95.7 Å². The second-order valence-electron chi connectivity index (χ2n) is 7.03. The molecule has 0 saturated heterocycles. The standard InChI is InChI=1S/C25H24N2O3/c1-29-21-9-5-8-19(14-21)25(28)26-13-12-20-16-27-24-15-22(10-11-23(20)24)30-17-18-6-3-2-4-7-18/h2-11,14-16,27H,12-13,17H2,1H3,(H,26,28). The zero-order valence-corrected chi connectivity index (χ0v) is 16.9. The SMILES string of the molecule is COc1cccc(C(=O)NCCc2c[nH]c3cc(OCc4ccccc4)ccc23)c1. The van der Waals surface area contributed by atoms with Crippen LogP contribution in [0.25, 0.3) is 10.9 Å². The van der Waals surface area contributed by atoms with Crippen LogP contribution < -0.4 is 14.8 Å². The number of H-pyrrole nitrogens is 1. The summed E-state index contributed by atoms with van der Waals surface area (Å²) in [6.07, 6.45) is 2.73. The largest absolute Gasteiger partial charge is 0.497 e. The Balaban J connectivity index is 1.35. The van der Waals surface area contributed by atoms with Crippen LogP contribution in [-0.4, -0.2) is 24.5 Å². The third-order valence-corrected chi connectivity index (χ3v) is 5.00. The Labute approximate surface area is 175 Å². The van der Waals surface area contributed by atoms with E-state index < -0.39 is 0 Å². The van der Waals surface area contributed by atoms with Crippen molar-refractivity contribution in [2.45, 2.75) is 13.0 Å². The number of ether oxygens (including phenoxy) is 2. The van der Waals surface area contributed by atoms with E-state index in [0.717, 1.165) is 34.2 Å². The predicted molar refractivity (Wildman–Crippen MR) is 118 cm³/mol. The smallest absolute Gasteiger partial charge is 0.251 e. The van der Waals surface area contributed by atoms with Crippen LogP contribution in [0.3, 0.4) is 0 Å². The third-order valence-electron chi connectivity index (χ3n) is 5.00. The lowest BCUT2D eigenvalue weighted by Gasteiger charge is -2.07. The summed E-state index contributed by atoms with van der Waals surface area (Å²) in [5.74, 6) is 1.39. The molecule has 2 N–H and O–H groups in total. The Hall–Kier alpha value is -3.73. The minimum absolute atomic E-state index is 0.106. The van der Waals surface area contributed by atoms with Gasteiger partial charge < -0.3 is 19.8 Å². The fourth-order valence-corrected chi connectivity index (χ4v) is 3.38. The van der Waals surface area contributed by atoms with E-state index in [-0.39, 0.29) is 5.91 Å². The molecule has 1 aromatic heterocycles. The zero-order chi connectivity index (χ0) is 20.8. The summed E-state index contributed by atoms with van der Waals surface area (Å²) >= 11 is 0.